The number of carbonyl (C=O) groups is 1. The monoisotopic (exact) mass is 328 g/mol. The van der Waals surface area contributed by atoms with Gasteiger partial charge in [-0.3, -0.25) is 0 Å². The first-order chi connectivity index (χ1) is 11.1. The third-order valence-electron chi connectivity index (χ3n) is 3.74. The number of urea groups is 1. The van der Waals surface area contributed by atoms with E-state index in [1.54, 1.807) is 23.1 Å². The van der Waals surface area contributed by atoms with Crippen LogP contribution < -0.4 is 10.1 Å². The molecule has 1 aliphatic heterocycles. The van der Waals surface area contributed by atoms with Crippen molar-refractivity contribution in [2.45, 2.75) is 39.0 Å². The Morgan fingerprint density at radius 1 is 1.48 bits per heavy atom. The molecule has 2 rings (SSSR count). The molecule has 1 saturated heterocycles. The van der Waals surface area contributed by atoms with Crippen molar-refractivity contribution < 1.29 is 23.0 Å². The molecule has 1 aromatic carbocycles. The minimum Gasteiger partial charge on any atom is -0.434 e. The standard InChI is InChI=1S/C16H22F2N2O3/c1-2-20(11-13-7-5-9-22-13)16(21)19-10-12-6-3-4-8-14(12)23-15(17)18/h3-4,6,8,13,15H,2,5,7,9-11H2,1H3,(H,19,21). The number of amides is 2. The molecular weight excluding hydrogens is 306 g/mol. The maximum atomic E-state index is 12.4. The molecule has 0 radical (unpaired) electrons. The minimum atomic E-state index is -2.89. The Kier molecular flexibility index (Phi) is 6.58. The van der Waals surface area contributed by atoms with E-state index in [2.05, 4.69) is 10.1 Å². The predicted molar refractivity (Wildman–Crippen MR) is 81.5 cm³/mol. The summed E-state index contributed by atoms with van der Waals surface area (Å²) < 4.78 is 34.7. The van der Waals surface area contributed by atoms with E-state index < -0.39 is 6.61 Å². The zero-order valence-electron chi connectivity index (χ0n) is 13.1. The molecular formula is C16H22F2N2O3. The zero-order valence-corrected chi connectivity index (χ0v) is 13.1. The lowest BCUT2D eigenvalue weighted by molar-refractivity contribution is -0.0504. The summed E-state index contributed by atoms with van der Waals surface area (Å²) >= 11 is 0. The Bertz CT molecular complexity index is 508. The number of nitrogens with one attached hydrogen (secondary N) is 1. The van der Waals surface area contributed by atoms with Crippen LogP contribution in [0.4, 0.5) is 13.6 Å². The van der Waals surface area contributed by atoms with Crippen molar-refractivity contribution in [3.05, 3.63) is 29.8 Å². The van der Waals surface area contributed by atoms with Gasteiger partial charge in [0.25, 0.3) is 0 Å². The number of nitrogens with zero attached hydrogens (tertiary/aromatic N) is 1. The number of hydrogen-bond donors (Lipinski definition) is 1. The van der Waals surface area contributed by atoms with E-state index in [9.17, 15) is 13.6 Å². The second-order valence-corrected chi connectivity index (χ2v) is 5.32. The van der Waals surface area contributed by atoms with Crippen molar-refractivity contribution >= 4 is 6.03 Å². The summed E-state index contributed by atoms with van der Waals surface area (Å²) in [6.07, 6.45) is 2.05. The lowest BCUT2D eigenvalue weighted by atomic mass is 10.2. The minimum absolute atomic E-state index is 0.0741. The molecule has 1 heterocycles. The number of benzene rings is 1. The molecule has 5 nitrogen and oxygen atoms in total. The van der Waals surface area contributed by atoms with Crippen LogP contribution in [0.15, 0.2) is 24.3 Å². The van der Waals surface area contributed by atoms with Gasteiger partial charge in [-0.05, 0) is 25.8 Å². The Labute approximate surface area is 134 Å². The fraction of sp³-hybridized carbons (Fsp3) is 0.562. The Hall–Kier alpha value is -1.89. The molecule has 0 aliphatic carbocycles. The Balaban J connectivity index is 1.89. The number of carbonyl (C=O) groups excluding carboxylic acids is 1. The molecule has 23 heavy (non-hydrogen) atoms. The van der Waals surface area contributed by atoms with Crippen LogP contribution >= 0.6 is 0 Å². The number of likely N-dealkylation sites (N-methyl/N-ethyl adjacent to an activating group) is 1. The SMILES string of the molecule is CCN(CC1CCCO1)C(=O)NCc1ccccc1OC(F)F. The van der Waals surface area contributed by atoms with Crippen molar-refractivity contribution in [1.29, 1.82) is 0 Å². The summed E-state index contributed by atoms with van der Waals surface area (Å²) in [5.74, 6) is 0.0741. The van der Waals surface area contributed by atoms with Crippen LogP contribution in [0, 0.1) is 0 Å². The number of rotatable bonds is 7. The lowest BCUT2D eigenvalue weighted by Crippen LogP contribution is -2.43. The molecule has 0 aromatic heterocycles. The maximum absolute atomic E-state index is 12.4. The van der Waals surface area contributed by atoms with E-state index in [0.717, 1.165) is 19.4 Å². The first kappa shape index (κ1) is 17.5. The third-order valence-corrected chi connectivity index (χ3v) is 3.74. The Morgan fingerprint density at radius 2 is 2.26 bits per heavy atom. The number of ether oxygens (including phenoxy) is 2. The predicted octanol–water partition coefficient (Wildman–Crippen LogP) is 3.00. The molecule has 2 amide bonds. The smallest absolute Gasteiger partial charge is 0.387 e. The number of halogens is 2. The summed E-state index contributed by atoms with van der Waals surface area (Å²) in [6.45, 7) is 0.964. The molecule has 128 valence electrons. The Morgan fingerprint density at radius 3 is 2.91 bits per heavy atom. The quantitative estimate of drug-likeness (QED) is 0.837. The van der Waals surface area contributed by atoms with Crippen LogP contribution in [0.2, 0.25) is 0 Å². The first-order valence-corrected chi connectivity index (χ1v) is 7.77. The molecule has 0 saturated carbocycles. The highest BCUT2D eigenvalue weighted by Gasteiger charge is 2.21. The number of para-hydroxylation sites is 1. The first-order valence-electron chi connectivity index (χ1n) is 7.77. The van der Waals surface area contributed by atoms with Gasteiger partial charge in [0.1, 0.15) is 5.75 Å². The largest absolute Gasteiger partial charge is 0.434 e. The van der Waals surface area contributed by atoms with Crippen molar-refractivity contribution in [2.24, 2.45) is 0 Å². The zero-order chi connectivity index (χ0) is 16.7. The van der Waals surface area contributed by atoms with Crippen LogP contribution in [0.3, 0.4) is 0 Å². The number of hydrogen-bond acceptors (Lipinski definition) is 3. The molecule has 1 aromatic rings. The third kappa shape index (κ3) is 5.35. The van der Waals surface area contributed by atoms with E-state index >= 15 is 0 Å². The van der Waals surface area contributed by atoms with Crippen LogP contribution in [-0.2, 0) is 11.3 Å². The van der Waals surface area contributed by atoms with Crippen LogP contribution in [0.25, 0.3) is 0 Å². The van der Waals surface area contributed by atoms with Crippen molar-refractivity contribution in [2.75, 3.05) is 19.7 Å². The van der Waals surface area contributed by atoms with Gasteiger partial charge in [0.2, 0.25) is 0 Å². The fourth-order valence-electron chi connectivity index (χ4n) is 2.53. The van der Waals surface area contributed by atoms with Crippen LogP contribution in [-0.4, -0.2) is 43.3 Å². The van der Waals surface area contributed by atoms with Gasteiger partial charge in [-0.2, -0.15) is 8.78 Å². The molecule has 7 heteroatoms. The molecule has 0 spiro atoms. The van der Waals surface area contributed by atoms with E-state index in [4.69, 9.17) is 4.74 Å². The van der Waals surface area contributed by atoms with Gasteiger partial charge in [0, 0.05) is 31.8 Å². The molecule has 1 aliphatic rings. The van der Waals surface area contributed by atoms with Crippen LogP contribution in [0.1, 0.15) is 25.3 Å². The van der Waals surface area contributed by atoms with Gasteiger partial charge >= 0.3 is 12.6 Å². The summed E-state index contributed by atoms with van der Waals surface area (Å²) in [6, 6.07) is 6.18. The molecule has 1 N–H and O–H groups in total. The van der Waals surface area contributed by atoms with Crippen molar-refractivity contribution in [3.8, 4) is 5.75 Å². The van der Waals surface area contributed by atoms with E-state index in [1.165, 1.54) is 6.07 Å². The van der Waals surface area contributed by atoms with E-state index in [-0.39, 0.29) is 24.4 Å². The average molecular weight is 328 g/mol. The summed E-state index contributed by atoms with van der Waals surface area (Å²) in [5.41, 5.74) is 0.509. The second-order valence-electron chi connectivity index (χ2n) is 5.32. The highest BCUT2D eigenvalue weighted by molar-refractivity contribution is 5.74. The normalized spacial score (nSPS) is 17.3. The highest BCUT2D eigenvalue weighted by atomic mass is 19.3. The summed E-state index contributed by atoms with van der Waals surface area (Å²) in [5, 5.41) is 2.74. The number of alkyl halides is 2. The van der Waals surface area contributed by atoms with Gasteiger partial charge in [-0.15, -0.1) is 0 Å². The topological polar surface area (TPSA) is 50.8 Å². The van der Waals surface area contributed by atoms with Gasteiger partial charge in [0.05, 0.1) is 6.10 Å². The van der Waals surface area contributed by atoms with E-state index in [0.29, 0.717) is 18.7 Å². The average Bonchev–Trinajstić information content (AvgIpc) is 3.04. The van der Waals surface area contributed by atoms with Crippen molar-refractivity contribution in [1.82, 2.24) is 10.2 Å². The van der Waals surface area contributed by atoms with Gasteiger partial charge in [0.15, 0.2) is 0 Å². The molecule has 0 bridgehead atoms. The fourth-order valence-corrected chi connectivity index (χ4v) is 2.53. The maximum Gasteiger partial charge on any atom is 0.387 e. The van der Waals surface area contributed by atoms with Gasteiger partial charge in [-0.25, -0.2) is 4.79 Å². The summed E-state index contributed by atoms with van der Waals surface area (Å²) in [7, 11) is 0. The molecule has 1 atom stereocenters. The van der Waals surface area contributed by atoms with Crippen molar-refractivity contribution in [3.63, 3.8) is 0 Å². The molecule has 1 fully saturated rings. The second kappa shape index (κ2) is 8.67. The lowest BCUT2D eigenvalue weighted by Gasteiger charge is -2.24. The van der Waals surface area contributed by atoms with Crippen LogP contribution in [0.5, 0.6) is 5.75 Å². The molecule has 1 unspecified atom stereocenters. The van der Waals surface area contributed by atoms with E-state index in [1.807, 2.05) is 6.92 Å². The van der Waals surface area contributed by atoms with Gasteiger partial charge in [-0.1, -0.05) is 18.2 Å². The summed E-state index contributed by atoms with van der Waals surface area (Å²) in [4.78, 5) is 13.9. The highest BCUT2D eigenvalue weighted by Crippen LogP contribution is 2.20. The van der Waals surface area contributed by atoms with Gasteiger partial charge < -0.3 is 19.7 Å².